The normalized spacial score (nSPS) is 13.3. The lowest BCUT2D eigenvalue weighted by Crippen LogP contribution is -2.38. The van der Waals surface area contributed by atoms with Gasteiger partial charge in [-0.3, -0.25) is 4.79 Å². The molecule has 6 nitrogen and oxygen atoms in total. The van der Waals surface area contributed by atoms with Crippen molar-refractivity contribution in [3.63, 3.8) is 0 Å². The van der Waals surface area contributed by atoms with Gasteiger partial charge in [0.15, 0.2) is 0 Å². The van der Waals surface area contributed by atoms with E-state index in [0.717, 1.165) is 11.1 Å². The molecule has 0 aliphatic heterocycles. The third-order valence-electron chi connectivity index (χ3n) is 3.26. The average Bonchev–Trinajstić information content (AvgIpc) is 2.40. The first-order valence-corrected chi connectivity index (χ1v) is 6.68. The maximum absolute atomic E-state index is 11.3. The molecule has 3 N–H and O–H groups in total. The van der Waals surface area contributed by atoms with Crippen LogP contribution < -0.4 is 5.73 Å². The van der Waals surface area contributed by atoms with E-state index in [2.05, 4.69) is 5.10 Å². The third-order valence-corrected chi connectivity index (χ3v) is 3.26. The SMILES string of the molecule is CC(=O)[N+](C)(C)N=CCc1ccc(CC(N)C(=O)O)cc1. The number of carbonyl (C=O) groups excluding carboxylic acids is 1. The molecule has 0 saturated heterocycles. The number of aliphatic carboxylic acids is 1. The summed E-state index contributed by atoms with van der Waals surface area (Å²) in [6.45, 7) is 1.50. The van der Waals surface area contributed by atoms with E-state index in [4.69, 9.17) is 10.8 Å². The van der Waals surface area contributed by atoms with Gasteiger partial charge in [-0.2, -0.15) is 0 Å². The number of quaternary nitrogens is 1. The number of rotatable bonds is 6. The number of carboxylic acid groups (broad SMARTS) is 1. The van der Waals surface area contributed by atoms with E-state index in [9.17, 15) is 9.59 Å². The monoisotopic (exact) mass is 292 g/mol. The van der Waals surface area contributed by atoms with Crippen LogP contribution in [-0.2, 0) is 22.4 Å². The fraction of sp³-hybridized carbons (Fsp3) is 0.400. The molecule has 0 saturated carbocycles. The molecule has 1 unspecified atom stereocenters. The van der Waals surface area contributed by atoms with Crippen LogP contribution in [0.1, 0.15) is 18.1 Å². The van der Waals surface area contributed by atoms with Gasteiger partial charge in [0.25, 0.3) is 0 Å². The van der Waals surface area contributed by atoms with Crippen LogP contribution in [0, 0.1) is 0 Å². The minimum absolute atomic E-state index is 0.0362. The van der Waals surface area contributed by atoms with E-state index < -0.39 is 12.0 Å². The molecule has 114 valence electrons. The van der Waals surface area contributed by atoms with E-state index in [-0.39, 0.29) is 10.5 Å². The van der Waals surface area contributed by atoms with Gasteiger partial charge in [0.2, 0.25) is 0 Å². The van der Waals surface area contributed by atoms with E-state index in [1.54, 1.807) is 20.3 Å². The van der Waals surface area contributed by atoms with Gasteiger partial charge in [-0.15, -0.1) is 4.59 Å². The molecule has 1 rings (SSSR count). The number of nitrogens with two attached hydrogens (primary N) is 1. The van der Waals surface area contributed by atoms with Crippen molar-refractivity contribution < 1.29 is 19.3 Å². The molecular formula is C15H22N3O3+. The zero-order valence-electron chi connectivity index (χ0n) is 12.6. The Kier molecular flexibility index (Phi) is 5.75. The lowest BCUT2D eigenvalue weighted by Gasteiger charge is -2.16. The quantitative estimate of drug-likeness (QED) is 0.460. The summed E-state index contributed by atoms with van der Waals surface area (Å²) >= 11 is 0. The molecule has 0 spiro atoms. The van der Waals surface area contributed by atoms with Gasteiger partial charge in [-0.25, -0.2) is 4.79 Å². The van der Waals surface area contributed by atoms with Crippen LogP contribution in [0.2, 0.25) is 0 Å². The molecule has 0 bridgehead atoms. The Morgan fingerprint density at radius 1 is 1.29 bits per heavy atom. The summed E-state index contributed by atoms with van der Waals surface area (Å²) in [6, 6.07) is 6.65. The Bertz CT molecular complexity index is 536. The predicted octanol–water partition coefficient (Wildman–Crippen LogP) is 0.792. The number of benzene rings is 1. The average molecular weight is 292 g/mol. The van der Waals surface area contributed by atoms with Crippen LogP contribution in [0.15, 0.2) is 29.4 Å². The Morgan fingerprint density at radius 3 is 2.29 bits per heavy atom. The van der Waals surface area contributed by atoms with Crippen molar-refractivity contribution in [3.05, 3.63) is 35.4 Å². The number of nitrogens with zero attached hydrogens (tertiary/aromatic N) is 2. The van der Waals surface area contributed by atoms with Gasteiger partial charge in [0.1, 0.15) is 20.1 Å². The molecule has 0 radical (unpaired) electrons. The summed E-state index contributed by atoms with van der Waals surface area (Å²) in [6.07, 6.45) is 2.62. The summed E-state index contributed by atoms with van der Waals surface area (Å²) in [5.41, 5.74) is 7.41. The molecular weight excluding hydrogens is 270 g/mol. The first kappa shape index (κ1) is 17.0. The molecule has 0 aliphatic carbocycles. The van der Waals surface area contributed by atoms with E-state index >= 15 is 0 Å². The highest BCUT2D eigenvalue weighted by molar-refractivity contribution is 5.73. The van der Waals surface area contributed by atoms with Crippen molar-refractivity contribution >= 4 is 18.1 Å². The van der Waals surface area contributed by atoms with Crippen LogP contribution in [-0.4, -0.2) is 47.9 Å². The number of hydrogen-bond donors (Lipinski definition) is 2. The van der Waals surface area contributed by atoms with Crippen LogP contribution in [0.25, 0.3) is 0 Å². The zero-order valence-corrected chi connectivity index (χ0v) is 12.6. The van der Waals surface area contributed by atoms with Crippen LogP contribution in [0.4, 0.5) is 0 Å². The summed E-state index contributed by atoms with van der Waals surface area (Å²) < 4.78 is -0.0362. The molecule has 1 aromatic rings. The number of amides is 1. The zero-order chi connectivity index (χ0) is 16.0. The van der Waals surface area contributed by atoms with Gasteiger partial charge >= 0.3 is 11.9 Å². The van der Waals surface area contributed by atoms with Crippen LogP contribution in [0.5, 0.6) is 0 Å². The van der Waals surface area contributed by atoms with Crippen LogP contribution >= 0.6 is 0 Å². The van der Waals surface area contributed by atoms with Crippen molar-refractivity contribution in [2.45, 2.75) is 25.8 Å². The largest absolute Gasteiger partial charge is 0.480 e. The number of hydrogen-bond acceptors (Lipinski definition) is 4. The molecule has 6 heteroatoms. The fourth-order valence-electron chi connectivity index (χ4n) is 1.58. The van der Waals surface area contributed by atoms with Crippen molar-refractivity contribution in [2.75, 3.05) is 14.1 Å². The lowest BCUT2D eigenvalue weighted by atomic mass is 10.0. The van der Waals surface area contributed by atoms with Gasteiger partial charge in [0.05, 0.1) is 13.1 Å². The van der Waals surface area contributed by atoms with Crippen molar-refractivity contribution in [1.29, 1.82) is 0 Å². The van der Waals surface area contributed by atoms with Crippen molar-refractivity contribution in [2.24, 2.45) is 10.8 Å². The second-order valence-electron chi connectivity index (χ2n) is 5.38. The molecule has 0 heterocycles. The Balaban J connectivity index is 2.61. The minimum Gasteiger partial charge on any atom is -0.480 e. The summed E-state index contributed by atoms with van der Waals surface area (Å²) in [5.74, 6) is -1.04. The topological polar surface area (TPSA) is 92.8 Å². The molecule has 1 atom stereocenters. The highest BCUT2D eigenvalue weighted by Crippen LogP contribution is 2.07. The first-order chi connectivity index (χ1) is 9.72. The predicted molar refractivity (Wildman–Crippen MR) is 80.7 cm³/mol. The second kappa shape index (κ2) is 7.10. The lowest BCUT2D eigenvalue weighted by molar-refractivity contribution is -0.819. The highest BCUT2D eigenvalue weighted by atomic mass is 16.4. The number of carbonyl (C=O) groups is 2. The van der Waals surface area contributed by atoms with Crippen molar-refractivity contribution in [1.82, 2.24) is 0 Å². The molecule has 1 aromatic carbocycles. The summed E-state index contributed by atoms with van der Waals surface area (Å²) in [5, 5.41) is 13.0. The van der Waals surface area contributed by atoms with E-state index in [0.29, 0.717) is 12.8 Å². The minimum atomic E-state index is -1.00. The highest BCUT2D eigenvalue weighted by Gasteiger charge is 2.19. The Morgan fingerprint density at radius 2 is 1.81 bits per heavy atom. The molecule has 1 amide bonds. The first-order valence-electron chi connectivity index (χ1n) is 6.68. The van der Waals surface area contributed by atoms with Crippen molar-refractivity contribution in [3.8, 4) is 0 Å². The smallest absolute Gasteiger partial charge is 0.336 e. The van der Waals surface area contributed by atoms with E-state index in [1.165, 1.54) is 6.92 Å². The van der Waals surface area contributed by atoms with Gasteiger partial charge < -0.3 is 10.8 Å². The molecule has 0 aromatic heterocycles. The van der Waals surface area contributed by atoms with Gasteiger partial charge in [-0.1, -0.05) is 29.4 Å². The molecule has 21 heavy (non-hydrogen) atoms. The molecule has 0 fully saturated rings. The van der Waals surface area contributed by atoms with E-state index in [1.807, 2.05) is 24.3 Å². The summed E-state index contributed by atoms with van der Waals surface area (Å²) in [4.78, 5) is 22.0. The third kappa shape index (κ3) is 5.45. The van der Waals surface area contributed by atoms with Crippen LogP contribution in [0.3, 0.4) is 0 Å². The number of carboxylic acids is 1. The second-order valence-corrected chi connectivity index (χ2v) is 5.38. The Labute approximate surface area is 124 Å². The van der Waals surface area contributed by atoms with Gasteiger partial charge in [0, 0.05) is 6.42 Å². The van der Waals surface area contributed by atoms with Gasteiger partial charge in [-0.05, 0) is 17.5 Å². The maximum atomic E-state index is 11.3. The maximum Gasteiger partial charge on any atom is 0.336 e. The Hall–Kier alpha value is -2.05. The summed E-state index contributed by atoms with van der Waals surface area (Å²) in [7, 11) is 3.43. The fourth-order valence-corrected chi connectivity index (χ4v) is 1.58. The standard InChI is InChI=1S/C15H21N3O3/c1-11(19)18(2,3)17-9-8-12-4-6-13(7-5-12)10-14(16)15(20)21/h4-7,9,14H,8,10,16H2,1-3H3/p+1. The molecule has 0 aliphatic rings.